The van der Waals surface area contributed by atoms with Gasteiger partial charge in [-0.2, -0.15) is 4.31 Å². The minimum Gasteiger partial charge on any atom is -0.317 e. The predicted molar refractivity (Wildman–Crippen MR) is 82.8 cm³/mol. The van der Waals surface area contributed by atoms with Gasteiger partial charge >= 0.3 is 0 Å². The number of hydrogen-bond acceptors (Lipinski definition) is 3. The Morgan fingerprint density at radius 1 is 1.21 bits per heavy atom. The van der Waals surface area contributed by atoms with Crippen molar-refractivity contribution < 1.29 is 8.42 Å². The van der Waals surface area contributed by atoms with E-state index in [0.717, 1.165) is 25.9 Å². The van der Waals surface area contributed by atoms with E-state index >= 15 is 0 Å². The Bertz CT molecular complexity index is 345. The first kappa shape index (κ1) is 18.6. The van der Waals surface area contributed by atoms with Crippen molar-refractivity contribution in [2.75, 3.05) is 25.4 Å². The highest BCUT2D eigenvalue weighted by Gasteiger charge is 2.30. The summed E-state index contributed by atoms with van der Waals surface area (Å²) in [5.41, 5.74) is -0.395. The molecule has 0 bridgehead atoms. The van der Waals surface area contributed by atoms with Gasteiger partial charge in [-0.1, -0.05) is 13.0 Å². The van der Waals surface area contributed by atoms with Crippen LogP contribution in [0.1, 0.15) is 47.0 Å². The fourth-order valence-electron chi connectivity index (χ4n) is 1.87. The topological polar surface area (TPSA) is 49.4 Å². The molecule has 0 spiro atoms. The Kier molecular flexibility index (Phi) is 8.54. The number of nitrogens with one attached hydrogen (secondary N) is 1. The molecular formula is C14H30N2O2S. The second kappa shape index (κ2) is 8.72. The standard InChI is InChI=1S/C14H30N2O2S/c1-6-10-15-11-8-9-13-19(17,18)16(12-7-2)14(3,4)5/h7,15H,2,6,8-13H2,1,3-5H3. The number of hydrogen-bond donors (Lipinski definition) is 1. The highest BCUT2D eigenvalue weighted by Crippen LogP contribution is 2.19. The third-order valence-electron chi connectivity index (χ3n) is 2.81. The molecule has 114 valence electrons. The molecule has 0 radical (unpaired) electrons. The summed E-state index contributed by atoms with van der Waals surface area (Å²) in [5.74, 6) is 0.214. The molecule has 0 atom stereocenters. The minimum atomic E-state index is -3.20. The SMILES string of the molecule is C=CCN(C(C)(C)C)S(=O)(=O)CCCCNCCC. The summed E-state index contributed by atoms with van der Waals surface area (Å²) in [6.45, 7) is 13.8. The third-order valence-corrected chi connectivity index (χ3v) is 4.98. The summed E-state index contributed by atoms with van der Waals surface area (Å²) in [4.78, 5) is 0. The molecule has 0 aliphatic carbocycles. The number of nitrogens with zero attached hydrogens (tertiary/aromatic N) is 1. The quantitative estimate of drug-likeness (QED) is 0.496. The molecule has 0 saturated heterocycles. The predicted octanol–water partition coefficient (Wildman–Crippen LogP) is 2.38. The molecule has 0 aromatic rings. The summed E-state index contributed by atoms with van der Waals surface area (Å²) in [6.07, 6.45) is 4.34. The monoisotopic (exact) mass is 290 g/mol. The Labute approximate surface area is 119 Å². The van der Waals surface area contributed by atoms with Crippen molar-refractivity contribution in [1.29, 1.82) is 0 Å². The van der Waals surface area contributed by atoms with Crippen molar-refractivity contribution in [3.05, 3.63) is 12.7 Å². The molecule has 1 N–H and O–H groups in total. The van der Waals surface area contributed by atoms with E-state index in [0.29, 0.717) is 13.0 Å². The van der Waals surface area contributed by atoms with Gasteiger partial charge in [-0.3, -0.25) is 0 Å². The molecule has 0 fully saturated rings. The largest absolute Gasteiger partial charge is 0.317 e. The number of unbranched alkanes of at least 4 members (excludes halogenated alkanes) is 1. The zero-order chi connectivity index (χ0) is 14.9. The summed E-state index contributed by atoms with van der Waals surface area (Å²) in [5, 5.41) is 3.28. The van der Waals surface area contributed by atoms with Crippen molar-refractivity contribution >= 4 is 10.0 Å². The van der Waals surface area contributed by atoms with Gasteiger partial charge in [-0.05, 0) is 53.1 Å². The van der Waals surface area contributed by atoms with Crippen LogP contribution in [0.3, 0.4) is 0 Å². The molecule has 0 saturated carbocycles. The summed E-state index contributed by atoms with van der Waals surface area (Å²) < 4.78 is 26.2. The lowest BCUT2D eigenvalue weighted by Crippen LogP contribution is -2.46. The molecule has 0 unspecified atom stereocenters. The summed E-state index contributed by atoms with van der Waals surface area (Å²) >= 11 is 0. The van der Waals surface area contributed by atoms with E-state index in [4.69, 9.17) is 0 Å². The van der Waals surface area contributed by atoms with E-state index in [-0.39, 0.29) is 5.75 Å². The van der Waals surface area contributed by atoms with Gasteiger partial charge in [0.05, 0.1) is 5.75 Å². The second-order valence-corrected chi connectivity index (χ2v) is 7.78. The van der Waals surface area contributed by atoms with Crippen molar-refractivity contribution in [2.24, 2.45) is 0 Å². The summed E-state index contributed by atoms with van der Waals surface area (Å²) in [7, 11) is -3.20. The van der Waals surface area contributed by atoms with Crippen molar-refractivity contribution in [2.45, 2.75) is 52.5 Å². The maximum Gasteiger partial charge on any atom is 0.214 e. The van der Waals surface area contributed by atoms with Crippen molar-refractivity contribution in [3.8, 4) is 0 Å². The molecule has 19 heavy (non-hydrogen) atoms. The molecule has 4 nitrogen and oxygen atoms in total. The molecule has 0 aliphatic heterocycles. The maximum atomic E-state index is 12.3. The smallest absolute Gasteiger partial charge is 0.214 e. The fourth-order valence-corrected chi connectivity index (χ4v) is 3.82. The van der Waals surface area contributed by atoms with E-state index in [1.165, 1.54) is 4.31 Å². The first-order chi connectivity index (χ1) is 8.75. The average Bonchev–Trinajstić information content (AvgIpc) is 2.29. The maximum absolute atomic E-state index is 12.3. The highest BCUT2D eigenvalue weighted by molar-refractivity contribution is 7.89. The normalized spacial score (nSPS) is 12.9. The third kappa shape index (κ3) is 7.70. The lowest BCUT2D eigenvalue weighted by Gasteiger charge is -2.33. The van der Waals surface area contributed by atoms with Gasteiger partial charge in [-0.25, -0.2) is 8.42 Å². The Balaban J connectivity index is 4.30. The van der Waals surface area contributed by atoms with Crippen LogP contribution in [0.25, 0.3) is 0 Å². The Hall–Kier alpha value is -0.390. The summed E-state index contributed by atoms with van der Waals surface area (Å²) in [6, 6.07) is 0. The van der Waals surface area contributed by atoms with Gasteiger partial charge in [-0.15, -0.1) is 6.58 Å². The second-order valence-electron chi connectivity index (χ2n) is 5.76. The van der Waals surface area contributed by atoms with Crippen LogP contribution in [0, 0.1) is 0 Å². The molecule has 0 rings (SSSR count). The van der Waals surface area contributed by atoms with Gasteiger partial charge in [0.15, 0.2) is 0 Å². The minimum absolute atomic E-state index is 0.214. The lowest BCUT2D eigenvalue weighted by atomic mass is 10.1. The van der Waals surface area contributed by atoms with E-state index in [1.54, 1.807) is 6.08 Å². The first-order valence-electron chi connectivity index (χ1n) is 7.08. The van der Waals surface area contributed by atoms with E-state index in [9.17, 15) is 8.42 Å². The van der Waals surface area contributed by atoms with Gasteiger partial charge in [0.25, 0.3) is 0 Å². The fraction of sp³-hybridized carbons (Fsp3) is 0.857. The average molecular weight is 290 g/mol. The van der Waals surface area contributed by atoms with Crippen LogP contribution in [0.15, 0.2) is 12.7 Å². The van der Waals surface area contributed by atoms with Crippen LogP contribution in [0.4, 0.5) is 0 Å². The molecule has 0 aromatic carbocycles. The van der Waals surface area contributed by atoms with E-state index in [2.05, 4.69) is 18.8 Å². The molecule has 5 heteroatoms. The van der Waals surface area contributed by atoms with Crippen LogP contribution < -0.4 is 5.32 Å². The van der Waals surface area contributed by atoms with Gasteiger partial charge in [0.2, 0.25) is 10.0 Å². The molecular weight excluding hydrogens is 260 g/mol. The highest BCUT2D eigenvalue weighted by atomic mass is 32.2. The van der Waals surface area contributed by atoms with Crippen LogP contribution in [0.5, 0.6) is 0 Å². The molecule has 0 amide bonds. The number of rotatable bonds is 10. The Morgan fingerprint density at radius 3 is 2.32 bits per heavy atom. The molecule has 0 heterocycles. The zero-order valence-corrected chi connectivity index (χ0v) is 13.7. The van der Waals surface area contributed by atoms with Gasteiger partial charge in [0.1, 0.15) is 0 Å². The van der Waals surface area contributed by atoms with Crippen LogP contribution in [-0.4, -0.2) is 43.6 Å². The van der Waals surface area contributed by atoms with Gasteiger partial charge < -0.3 is 5.32 Å². The van der Waals surface area contributed by atoms with Crippen molar-refractivity contribution in [3.63, 3.8) is 0 Å². The number of sulfonamides is 1. The van der Waals surface area contributed by atoms with E-state index < -0.39 is 15.6 Å². The lowest BCUT2D eigenvalue weighted by molar-refractivity contribution is 0.269. The van der Waals surface area contributed by atoms with Gasteiger partial charge in [0, 0.05) is 12.1 Å². The molecule has 0 aromatic heterocycles. The van der Waals surface area contributed by atoms with E-state index in [1.807, 2.05) is 20.8 Å². The van der Waals surface area contributed by atoms with Crippen LogP contribution in [-0.2, 0) is 10.0 Å². The van der Waals surface area contributed by atoms with Crippen LogP contribution in [0.2, 0.25) is 0 Å². The zero-order valence-electron chi connectivity index (χ0n) is 12.9. The molecule has 0 aliphatic rings. The first-order valence-corrected chi connectivity index (χ1v) is 8.68. The Morgan fingerprint density at radius 2 is 1.84 bits per heavy atom. The van der Waals surface area contributed by atoms with Crippen molar-refractivity contribution in [1.82, 2.24) is 9.62 Å². The van der Waals surface area contributed by atoms with Crippen LogP contribution >= 0.6 is 0 Å².